The minimum atomic E-state index is -3.42. The number of sulfonamides is 1. The van der Waals surface area contributed by atoms with Gasteiger partial charge in [-0.25, -0.2) is 8.42 Å². The molecule has 1 aliphatic carbocycles. The summed E-state index contributed by atoms with van der Waals surface area (Å²) in [6.45, 7) is 2.89. The summed E-state index contributed by atoms with van der Waals surface area (Å²) in [7, 11) is 0.159. The third kappa shape index (κ3) is 3.88. The van der Waals surface area contributed by atoms with E-state index in [1.807, 2.05) is 7.05 Å². The molecule has 120 valence electrons. The molecule has 1 N–H and O–H groups in total. The number of thiophene rings is 1. The van der Waals surface area contributed by atoms with Crippen molar-refractivity contribution in [3.8, 4) is 0 Å². The van der Waals surface area contributed by atoms with Crippen LogP contribution in [0.2, 0.25) is 0 Å². The first kappa shape index (κ1) is 17.4. The summed E-state index contributed by atoms with van der Waals surface area (Å²) in [6.07, 6.45) is 4.24. The Morgan fingerprint density at radius 1 is 1.48 bits per heavy atom. The number of hydrogen-bond donors (Lipinski definition) is 1. The summed E-state index contributed by atoms with van der Waals surface area (Å²) < 4.78 is 28.0. The Bertz CT molecular complexity index is 586. The van der Waals surface area contributed by atoms with Crippen LogP contribution in [0.3, 0.4) is 0 Å². The fourth-order valence-electron chi connectivity index (χ4n) is 2.92. The highest BCUT2D eigenvalue weighted by Crippen LogP contribution is 2.36. The van der Waals surface area contributed by atoms with Gasteiger partial charge in [0.15, 0.2) is 0 Å². The lowest BCUT2D eigenvalue weighted by Gasteiger charge is -2.33. The Hall–Kier alpha value is 0.0500. The van der Waals surface area contributed by atoms with Crippen LogP contribution in [-0.4, -0.2) is 32.9 Å². The Morgan fingerprint density at radius 2 is 2.19 bits per heavy atom. The van der Waals surface area contributed by atoms with Gasteiger partial charge in [0.25, 0.3) is 0 Å². The van der Waals surface area contributed by atoms with Crippen molar-refractivity contribution in [2.75, 3.05) is 14.1 Å². The monoisotopic (exact) mass is 394 g/mol. The van der Waals surface area contributed by atoms with E-state index in [9.17, 15) is 8.42 Å². The highest BCUT2D eigenvalue weighted by molar-refractivity contribution is 9.11. The van der Waals surface area contributed by atoms with Crippen LogP contribution >= 0.6 is 27.3 Å². The predicted molar refractivity (Wildman–Crippen MR) is 91.2 cm³/mol. The maximum atomic E-state index is 12.9. The van der Waals surface area contributed by atoms with E-state index in [2.05, 4.69) is 28.2 Å². The van der Waals surface area contributed by atoms with Gasteiger partial charge in [-0.1, -0.05) is 19.8 Å². The third-order valence-corrected chi connectivity index (χ3v) is 8.30. The van der Waals surface area contributed by atoms with Crippen LogP contribution in [0, 0.1) is 5.92 Å². The van der Waals surface area contributed by atoms with E-state index < -0.39 is 10.0 Å². The van der Waals surface area contributed by atoms with Crippen molar-refractivity contribution in [1.82, 2.24) is 9.62 Å². The second kappa shape index (κ2) is 7.08. The van der Waals surface area contributed by atoms with Crippen molar-refractivity contribution < 1.29 is 8.42 Å². The molecule has 0 radical (unpaired) electrons. The molecule has 1 aliphatic rings. The Morgan fingerprint density at radius 3 is 2.81 bits per heavy atom. The van der Waals surface area contributed by atoms with E-state index in [-0.39, 0.29) is 6.04 Å². The van der Waals surface area contributed by atoms with Crippen molar-refractivity contribution in [2.45, 2.75) is 50.1 Å². The summed E-state index contributed by atoms with van der Waals surface area (Å²) in [5.74, 6) is 0.604. The molecule has 1 saturated carbocycles. The topological polar surface area (TPSA) is 49.4 Å². The second-order valence-electron chi connectivity index (χ2n) is 5.83. The van der Waals surface area contributed by atoms with Crippen molar-refractivity contribution in [3.05, 3.63) is 14.7 Å². The van der Waals surface area contributed by atoms with E-state index in [0.717, 1.165) is 24.1 Å². The Balaban J connectivity index is 2.24. The molecule has 1 aromatic heterocycles. The van der Waals surface area contributed by atoms with Gasteiger partial charge in [0.2, 0.25) is 10.0 Å². The number of nitrogens with zero attached hydrogens (tertiary/aromatic N) is 1. The van der Waals surface area contributed by atoms with Gasteiger partial charge < -0.3 is 5.32 Å². The van der Waals surface area contributed by atoms with Gasteiger partial charge in [-0.05, 0) is 47.8 Å². The normalized spacial score (nSPS) is 23.7. The lowest BCUT2D eigenvalue weighted by molar-refractivity contribution is 0.239. The second-order valence-corrected chi connectivity index (χ2v) is 10.2. The summed E-state index contributed by atoms with van der Waals surface area (Å²) in [4.78, 5) is 1.42. The van der Waals surface area contributed by atoms with E-state index in [1.54, 1.807) is 17.4 Å². The van der Waals surface area contributed by atoms with Gasteiger partial charge in [-0.3, -0.25) is 0 Å². The summed E-state index contributed by atoms with van der Waals surface area (Å²) in [5, 5.41) is 3.06. The molecule has 4 nitrogen and oxygen atoms in total. The molecule has 2 rings (SSSR count). The molecule has 0 aliphatic heterocycles. The first-order valence-corrected chi connectivity index (χ1v) is 10.3. The van der Waals surface area contributed by atoms with E-state index in [4.69, 9.17) is 0 Å². The molecule has 1 aromatic rings. The number of nitrogens with one attached hydrogen (secondary N) is 1. The van der Waals surface area contributed by atoms with Crippen LogP contribution in [-0.2, 0) is 16.6 Å². The zero-order valence-electron chi connectivity index (χ0n) is 12.7. The van der Waals surface area contributed by atoms with Crippen LogP contribution < -0.4 is 5.32 Å². The van der Waals surface area contributed by atoms with Crippen molar-refractivity contribution in [3.63, 3.8) is 0 Å². The fraction of sp³-hybridized carbons (Fsp3) is 0.714. The molecule has 2 unspecified atom stereocenters. The molecule has 1 heterocycles. The molecule has 0 amide bonds. The zero-order valence-corrected chi connectivity index (χ0v) is 15.9. The summed E-state index contributed by atoms with van der Waals surface area (Å²) in [6, 6.07) is 1.90. The van der Waals surface area contributed by atoms with E-state index >= 15 is 0 Å². The maximum absolute atomic E-state index is 12.9. The molecule has 7 heteroatoms. The smallest absolute Gasteiger partial charge is 0.245 e. The van der Waals surface area contributed by atoms with Crippen LogP contribution in [0.15, 0.2) is 14.7 Å². The average Bonchev–Trinajstić information content (AvgIpc) is 2.80. The summed E-state index contributed by atoms with van der Waals surface area (Å²) >= 11 is 4.89. The van der Waals surface area contributed by atoms with Gasteiger partial charge >= 0.3 is 0 Å². The Kier molecular flexibility index (Phi) is 5.87. The first-order valence-electron chi connectivity index (χ1n) is 7.27. The molecule has 0 spiro atoms. The zero-order chi connectivity index (χ0) is 15.6. The van der Waals surface area contributed by atoms with E-state index in [0.29, 0.717) is 21.1 Å². The number of halogens is 1. The minimum absolute atomic E-state index is 0.123. The van der Waals surface area contributed by atoms with Crippen molar-refractivity contribution in [2.24, 2.45) is 5.92 Å². The number of hydrogen-bond acceptors (Lipinski definition) is 4. The lowest BCUT2D eigenvalue weighted by Crippen LogP contribution is -2.39. The predicted octanol–water partition coefficient (Wildman–Crippen LogP) is 3.43. The van der Waals surface area contributed by atoms with Gasteiger partial charge in [0, 0.05) is 24.5 Å². The van der Waals surface area contributed by atoms with Crippen LogP contribution in [0.5, 0.6) is 0 Å². The van der Waals surface area contributed by atoms with Gasteiger partial charge in [0.1, 0.15) is 4.90 Å². The highest BCUT2D eigenvalue weighted by Gasteiger charge is 2.33. The minimum Gasteiger partial charge on any atom is -0.315 e. The molecular weight excluding hydrogens is 372 g/mol. The van der Waals surface area contributed by atoms with Crippen molar-refractivity contribution >= 4 is 37.3 Å². The van der Waals surface area contributed by atoms with Gasteiger partial charge in [-0.2, -0.15) is 4.31 Å². The lowest BCUT2D eigenvalue weighted by atomic mass is 9.87. The Labute approximate surface area is 140 Å². The summed E-state index contributed by atoms with van der Waals surface area (Å²) in [5.41, 5.74) is 0. The van der Waals surface area contributed by atoms with Crippen LogP contribution in [0.4, 0.5) is 0 Å². The van der Waals surface area contributed by atoms with Crippen molar-refractivity contribution in [1.29, 1.82) is 0 Å². The maximum Gasteiger partial charge on any atom is 0.245 e. The molecule has 0 bridgehead atoms. The first-order chi connectivity index (χ1) is 9.86. The fourth-order valence-corrected chi connectivity index (χ4v) is 6.96. The van der Waals surface area contributed by atoms with Crippen LogP contribution in [0.1, 0.15) is 37.5 Å². The quantitative estimate of drug-likeness (QED) is 0.831. The van der Waals surface area contributed by atoms with Gasteiger partial charge in [0.05, 0.1) is 3.79 Å². The highest BCUT2D eigenvalue weighted by atomic mass is 79.9. The van der Waals surface area contributed by atoms with Crippen LogP contribution in [0.25, 0.3) is 0 Å². The average molecular weight is 395 g/mol. The molecular formula is C14H23BrN2O2S2. The molecule has 1 fully saturated rings. The molecule has 21 heavy (non-hydrogen) atoms. The molecule has 2 atom stereocenters. The SMILES string of the molecule is CNCc1cc(S(=O)(=O)N(C)C2CCCC(C)C2)c(Br)s1. The third-order valence-electron chi connectivity index (χ3n) is 4.14. The van der Waals surface area contributed by atoms with Gasteiger partial charge in [-0.15, -0.1) is 11.3 Å². The number of rotatable bonds is 5. The standard InChI is InChI=1S/C14H23BrN2O2S2/c1-10-5-4-6-11(7-10)17(3)21(18,19)13-8-12(9-16-2)20-14(13)15/h8,10-11,16H,4-7,9H2,1-3H3. The molecule has 0 aromatic carbocycles. The molecule has 0 saturated heterocycles. The van der Waals surface area contributed by atoms with E-state index in [1.165, 1.54) is 17.8 Å². The largest absolute Gasteiger partial charge is 0.315 e.